The molecule has 5 rings (SSSR count). The van der Waals surface area contributed by atoms with Crippen molar-refractivity contribution in [3.05, 3.63) is 74.0 Å². The van der Waals surface area contributed by atoms with Gasteiger partial charge in [-0.3, -0.25) is 19.8 Å². The van der Waals surface area contributed by atoms with E-state index in [2.05, 4.69) is 10.7 Å². The van der Waals surface area contributed by atoms with Crippen LogP contribution in [0.25, 0.3) is 10.9 Å². The summed E-state index contributed by atoms with van der Waals surface area (Å²) in [5, 5.41) is 4.61. The van der Waals surface area contributed by atoms with E-state index < -0.39 is 28.9 Å². The molecular weight excluding hydrogens is 541 g/mol. The van der Waals surface area contributed by atoms with Gasteiger partial charge in [0.05, 0.1) is 15.6 Å². The Morgan fingerprint density at radius 1 is 1.00 bits per heavy atom. The highest BCUT2D eigenvalue weighted by molar-refractivity contribution is 6.31. The predicted octanol–water partition coefficient (Wildman–Crippen LogP) is 4.23. The van der Waals surface area contributed by atoms with Crippen LogP contribution in [0.2, 0.25) is 10.0 Å². The van der Waals surface area contributed by atoms with E-state index in [1.54, 1.807) is 5.01 Å². The molecule has 1 aromatic heterocycles. The SMILES string of the molecule is O=C(COc1ccc(Cl)c(F)c1)NN1CCC(NC(=O)c2cn(C3CC3)c3cc(Cl)c(F)cc3c2=O)CC1. The van der Waals surface area contributed by atoms with Crippen molar-refractivity contribution in [2.45, 2.75) is 37.8 Å². The van der Waals surface area contributed by atoms with Crippen molar-refractivity contribution in [1.29, 1.82) is 0 Å². The fourth-order valence-electron chi connectivity index (χ4n) is 4.48. The zero-order valence-corrected chi connectivity index (χ0v) is 21.6. The fraction of sp³-hybridized carbons (Fsp3) is 0.346. The number of aromatic nitrogens is 1. The Hall–Kier alpha value is -3.21. The number of halogens is 4. The van der Waals surface area contributed by atoms with E-state index in [1.807, 2.05) is 4.57 Å². The Morgan fingerprint density at radius 3 is 2.39 bits per heavy atom. The molecule has 38 heavy (non-hydrogen) atoms. The smallest absolute Gasteiger partial charge is 0.272 e. The number of rotatable bonds is 7. The molecule has 2 aromatic carbocycles. The molecule has 0 unspecified atom stereocenters. The quantitative estimate of drug-likeness (QED) is 0.448. The summed E-state index contributed by atoms with van der Waals surface area (Å²) >= 11 is 11.6. The summed E-state index contributed by atoms with van der Waals surface area (Å²) in [4.78, 5) is 38.4. The van der Waals surface area contributed by atoms with Gasteiger partial charge in [-0.2, -0.15) is 0 Å². The fourth-order valence-corrected chi connectivity index (χ4v) is 4.76. The van der Waals surface area contributed by atoms with Crippen LogP contribution in [0.15, 0.2) is 41.3 Å². The largest absolute Gasteiger partial charge is 0.484 e. The molecule has 0 spiro atoms. The number of hydrogen-bond donors (Lipinski definition) is 2. The standard InChI is InChI=1S/C26H24Cl2F2N4O4/c27-19-4-3-16(9-21(19)29)38-13-24(35)32-33-7-5-14(6-8-33)31-26(37)18-12-34(15-1-2-15)23-11-20(28)22(30)10-17(23)25(18)36/h3-4,9-12,14-15H,1-2,5-8,13H2,(H,31,37)(H,32,35). The number of carbonyl (C=O) groups is 2. The Balaban J connectivity index is 1.17. The van der Waals surface area contributed by atoms with Gasteiger partial charge >= 0.3 is 0 Å². The van der Waals surface area contributed by atoms with Crippen molar-refractivity contribution in [3.63, 3.8) is 0 Å². The Morgan fingerprint density at radius 2 is 1.71 bits per heavy atom. The van der Waals surface area contributed by atoms with Gasteiger partial charge in [0, 0.05) is 42.8 Å². The lowest BCUT2D eigenvalue weighted by Crippen LogP contribution is -2.52. The van der Waals surface area contributed by atoms with E-state index in [0.717, 1.165) is 25.0 Å². The van der Waals surface area contributed by atoms with Crippen molar-refractivity contribution in [2.75, 3.05) is 19.7 Å². The third-order valence-corrected chi connectivity index (χ3v) is 7.23. The van der Waals surface area contributed by atoms with Gasteiger partial charge in [-0.25, -0.2) is 13.8 Å². The van der Waals surface area contributed by atoms with Crippen molar-refractivity contribution in [2.24, 2.45) is 0 Å². The number of pyridine rings is 1. The second-order valence-electron chi connectivity index (χ2n) is 9.43. The van der Waals surface area contributed by atoms with Crippen LogP contribution in [-0.2, 0) is 4.79 Å². The third-order valence-electron chi connectivity index (χ3n) is 6.63. The zero-order chi connectivity index (χ0) is 27.0. The molecule has 2 amide bonds. The van der Waals surface area contributed by atoms with E-state index in [4.69, 9.17) is 27.9 Å². The highest BCUT2D eigenvalue weighted by Gasteiger charge is 2.29. The molecule has 8 nitrogen and oxygen atoms in total. The molecule has 0 bridgehead atoms. The van der Waals surface area contributed by atoms with Crippen LogP contribution >= 0.6 is 23.2 Å². The third kappa shape index (κ3) is 5.77. The average molecular weight is 565 g/mol. The number of hydrogen-bond acceptors (Lipinski definition) is 5. The maximum Gasteiger partial charge on any atom is 0.272 e. The molecule has 12 heteroatoms. The van der Waals surface area contributed by atoms with Gasteiger partial charge in [-0.15, -0.1) is 0 Å². The number of nitrogens with zero attached hydrogens (tertiary/aromatic N) is 2. The topological polar surface area (TPSA) is 92.7 Å². The molecule has 1 saturated carbocycles. The molecule has 1 aliphatic carbocycles. The minimum atomic E-state index is -0.712. The van der Waals surface area contributed by atoms with Crippen LogP contribution in [0.5, 0.6) is 5.75 Å². The van der Waals surface area contributed by atoms with E-state index in [1.165, 1.54) is 24.4 Å². The summed E-state index contributed by atoms with van der Waals surface area (Å²) < 4.78 is 34.8. The molecule has 3 aromatic rings. The maximum absolute atomic E-state index is 14.1. The van der Waals surface area contributed by atoms with Crippen LogP contribution < -0.4 is 20.9 Å². The van der Waals surface area contributed by atoms with Crippen molar-refractivity contribution >= 4 is 45.9 Å². The minimum Gasteiger partial charge on any atom is -0.484 e. The van der Waals surface area contributed by atoms with Crippen LogP contribution in [0.4, 0.5) is 8.78 Å². The van der Waals surface area contributed by atoms with Gasteiger partial charge in [0.25, 0.3) is 11.8 Å². The Labute approximate surface area is 226 Å². The lowest BCUT2D eigenvalue weighted by Gasteiger charge is -2.32. The number of nitrogens with one attached hydrogen (secondary N) is 2. The second kappa shape index (κ2) is 10.9. The minimum absolute atomic E-state index is 0.0372. The maximum atomic E-state index is 14.1. The lowest BCUT2D eigenvalue weighted by molar-refractivity contribution is -0.128. The lowest BCUT2D eigenvalue weighted by atomic mass is 10.0. The number of ether oxygens (including phenoxy) is 1. The summed E-state index contributed by atoms with van der Waals surface area (Å²) in [6.45, 7) is 0.610. The predicted molar refractivity (Wildman–Crippen MR) is 139 cm³/mol. The molecule has 200 valence electrons. The zero-order valence-electron chi connectivity index (χ0n) is 20.1. The first kappa shape index (κ1) is 26.4. The first-order valence-corrected chi connectivity index (χ1v) is 12.9. The number of benzene rings is 2. The number of fused-ring (bicyclic) bond motifs is 1. The van der Waals surface area contributed by atoms with Crippen molar-refractivity contribution in [1.82, 2.24) is 20.3 Å². The Bertz CT molecular complexity index is 1470. The number of piperidine rings is 1. The molecule has 0 radical (unpaired) electrons. The van der Waals surface area contributed by atoms with Gasteiger partial charge in [-0.1, -0.05) is 23.2 Å². The molecule has 1 saturated heterocycles. The van der Waals surface area contributed by atoms with E-state index in [-0.39, 0.29) is 45.4 Å². The van der Waals surface area contributed by atoms with Gasteiger partial charge in [0.2, 0.25) is 5.43 Å². The summed E-state index contributed by atoms with van der Waals surface area (Å²) in [5.74, 6) is -2.10. The van der Waals surface area contributed by atoms with Gasteiger partial charge in [-0.05, 0) is 49.9 Å². The first-order chi connectivity index (χ1) is 18.2. The van der Waals surface area contributed by atoms with E-state index >= 15 is 0 Å². The van der Waals surface area contributed by atoms with E-state index in [0.29, 0.717) is 31.4 Å². The van der Waals surface area contributed by atoms with Crippen molar-refractivity contribution in [3.8, 4) is 5.75 Å². The number of hydrazine groups is 1. The average Bonchev–Trinajstić information content (AvgIpc) is 3.73. The van der Waals surface area contributed by atoms with E-state index in [9.17, 15) is 23.2 Å². The highest BCUT2D eigenvalue weighted by Crippen LogP contribution is 2.37. The van der Waals surface area contributed by atoms with Crippen LogP contribution in [0.3, 0.4) is 0 Å². The number of carbonyl (C=O) groups excluding carboxylic acids is 2. The molecule has 2 aliphatic rings. The van der Waals surface area contributed by atoms with Gasteiger partial charge in [0.1, 0.15) is 22.9 Å². The second-order valence-corrected chi connectivity index (χ2v) is 10.2. The highest BCUT2D eigenvalue weighted by atomic mass is 35.5. The van der Waals surface area contributed by atoms with Crippen LogP contribution in [0.1, 0.15) is 42.1 Å². The van der Waals surface area contributed by atoms with Gasteiger partial charge in [0.15, 0.2) is 6.61 Å². The monoisotopic (exact) mass is 564 g/mol. The first-order valence-electron chi connectivity index (χ1n) is 12.2. The summed E-state index contributed by atoms with van der Waals surface area (Å²) in [6.07, 6.45) is 4.40. The normalized spacial score (nSPS) is 16.4. The molecule has 2 fully saturated rings. The summed E-state index contributed by atoms with van der Waals surface area (Å²) in [6, 6.07) is 6.35. The molecule has 1 aliphatic heterocycles. The van der Waals surface area contributed by atoms with Crippen LogP contribution in [0, 0.1) is 11.6 Å². The van der Waals surface area contributed by atoms with Crippen molar-refractivity contribution < 1.29 is 23.1 Å². The molecule has 0 atom stereocenters. The number of amides is 2. The van der Waals surface area contributed by atoms with Gasteiger partial charge < -0.3 is 14.6 Å². The van der Waals surface area contributed by atoms with Crippen LogP contribution in [-0.4, -0.2) is 47.1 Å². The molecule has 2 N–H and O–H groups in total. The Kier molecular flexibility index (Phi) is 7.56. The molecular formula is C26H24Cl2F2N4O4. The molecule has 2 heterocycles. The summed E-state index contributed by atoms with van der Waals surface area (Å²) in [7, 11) is 0. The summed E-state index contributed by atoms with van der Waals surface area (Å²) in [5.41, 5.74) is 2.64.